The zero-order chi connectivity index (χ0) is 16.8. The summed E-state index contributed by atoms with van der Waals surface area (Å²) >= 11 is 5.12. The van der Waals surface area contributed by atoms with Gasteiger partial charge in [-0.3, -0.25) is 4.79 Å². The van der Waals surface area contributed by atoms with Gasteiger partial charge in [0, 0.05) is 22.2 Å². The van der Waals surface area contributed by atoms with Crippen molar-refractivity contribution in [3.63, 3.8) is 0 Å². The van der Waals surface area contributed by atoms with Crippen LogP contribution in [0.1, 0.15) is 6.42 Å². The first-order chi connectivity index (χ1) is 11.7. The van der Waals surface area contributed by atoms with Gasteiger partial charge >= 0.3 is 5.97 Å². The lowest BCUT2D eigenvalue weighted by atomic mass is 10.1. The molecule has 0 saturated carbocycles. The number of fused-ring (bicyclic) bond motifs is 1. The van der Waals surface area contributed by atoms with Crippen molar-refractivity contribution in [2.45, 2.75) is 17.4 Å². The number of ether oxygens (including phenoxy) is 1. The minimum Gasteiger partial charge on any atom is -0.461 e. The molecule has 0 bridgehead atoms. The molecule has 3 rings (SSSR count). The molecule has 2 aromatic rings. The smallest absolute Gasteiger partial charge is 0.316 e. The normalized spacial score (nSPS) is 18.8. The standard InChI is InChI=1S/C19H20O2S3/c1-14-11-22-12-17(8-9-23-14)21-19(20)13-24-18-7-6-15-4-2-3-5-16(15)10-18/h2-7,10,17H,1,8-9,11-13H2. The van der Waals surface area contributed by atoms with Crippen LogP contribution in [0.25, 0.3) is 10.8 Å². The molecule has 1 fully saturated rings. The Balaban J connectivity index is 1.50. The second-order valence-electron chi connectivity index (χ2n) is 5.60. The van der Waals surface area contributed by atoms with Crippen molar-refractivity contribution in [1.82, 2.24) is 0 Å². The van der Waals surface area contributed by atoms with Crippen LogP contribution in [-0.4, -0.2) is 35.1 Å². The molecular formula is C19H20O2S3. The van der Waals surface area contributed by atoms with E-state index in [1.807, 2.05) is 12.1 Å². The zero-order valence-corrected chi connectivity index (χ0v) is 15.9. The summed E-state index contributed by atoms with van der Waals surface area (Å²) in [5, 5.41) is 2.42. The second kappa shape index (κ2) is 8.88. The molecule has 1 heterocycles. The molecule has 1 aliphatic rings. The molecule has 1 aliphatic heterocycles. The molecule has 126 valence electrons. The van der Waals surface area contributed by atoms with E-state index in [4.69, 9.17) is 4.74 Å². The summed E-state index contributed by atoms with van der Waals surface area (Å²) in [7, 11) is 0. The van der Waals surface area contributed by atoms with Gasteiger partial charge in [0.2, 0.25) is 0 Å². The summed E-state index contributed by atoms with van der Waals surface area (Å²) in [5.41, 5.74) is 0. The maximum absolute atomic E-state index is 12.1. The Morgan fingerprint density at radius 2 is 2.08 bits per heavy atom. The molecular weight excluding hydrogens is 356 g/mol. The van der Waals surface area contributed by atoms with Crippen LogP contribution in [0.3, 0.4) is 0 Å². The van der Waals surface area contributed by atoms with Crippen LogP contribution in [0.15, 0.2) is 58.8 Å². The third kappa shape index (κ3) is 5.23. The van der Waals surface area contributed by atoms with Crippen molar-refractivity contribution in [3.8, 4) is 0 Å². The van der Waals surface area contributed by atoms with Crippen molar-refractivity contribution < 1.29 is 9.53 Å². The summed E-state index contributed by atoms with van der Waals surface area (Å²) in [5.74, 6) is 3.04. The number of esters is 1. The second-order valence-corrected chi connectivity index (χ2v) is 8.95. The molecule has 0 spiro atoms. The summed E-state index contributed by atoms with van der Waals surface area (Å²) in [6.07, 6.45) is 0.934. The van der Waals surface area contributed by atoms with Crippen molar-refractivity contribution in [2.75, 3.05) is 23.0 Å². The van der Waals surface area contributed by atoms with Crippen LogP contribution in [0, 0.1) is 0 Å². The third-order valence-corrected chi connectivity index (χ3v) is 6.99. The van der Waals surface area contributed by atoms with Crippen LogP contribution in [0.2, 0.25) is 0 Å². The molecule has 0 radical (unpaired) electrons. The molecule has 1 saturated heterocycles. The molecule has 5 heteroatoms. The Hall–Kier alpha value is -1.04. The summed E-state index contributed by atoms with van der Waals surface area (Å²) in [4.78, 5) is 14.5. The van der Waals surface area contributed by atoms with E-state index >= 15 is 0 Å². The number of carbonyl (C=O) groups is 1. The van der Waals surface area contributed by atoms with Crippen LogP contribution >= 0.6 is 35.3 Å². The number of hydrogen-bond donors (Lipinski definition) is 0. The van der Waals surface area contributed by atoms with Gasteiger partial charge < -0.3 is 4.74 Å². The average molecular weight is 377 g/mol. The van der Waals surface area contributed by atoms with Crippen molar-refractivity contribution in [3.05, 3.63) is 53.9 Å². The van der Waals surface area contributed by atoms with Crippen molar-refractivity contribution >= 4 is 52.0 Å². The van der Waals surface area contributed by atoms with Gasteiger partial charge in [-0.25, -0.2) is 0 Å². The third-order valence-electron chi connectivity index (χ3n) is 3.69. The lowest BCUT2D eigenvalue weighted by Gasteiger charge is -2.20. The van der Waals surface area contributed by atoms with Gasteiger partial charge in [-0.2, -0.15) is 11.8 Å². The van der Waals surface area contributed by atoms with E-state index < -0.39 is 0 Å². The number of benzene rings is 2. The van der Waals surface area contributed by atoms with Gasteiger partial charge in [0.1, 0.15) is 6.10 Å². The molecule has 2 aromatic carbocycles. The SMILES string of the molecule is C=C1CSCC(OC(=O)CSc2ccc3ccccc3c2)CCS1. The minimum absolute atomic E-state index is 0.0281. The monoisotopic (exact) mass is 376 g/mol. The zero-order valence-electron chi connectivity index (χ0n) is 13.4. The fourth-order valence-corrected chi connectivity index (χ4v) is 5.30. The van der Waals surface area contributed by atoms with E-state index in [9.17, 15) is 4.79 Å². The number of thioether (sulfide) groups is 3. The highest BCUT2D eigenvalue weighted by molar-refractivity contribution is 8.06. The molecule has 2 nitrogen and oxygen atoms in total. The van der Waals surface area contributed by atoms with Gasteiger partial charge in [-0.15, -0.1) is 23.5 Å². The Morgan fingerprint density at radius 1 is 1.25 bits per heavy atom. The summed E-state index contributed by atoms with van der Waals surface area (Å²) in [6.45, 7) is 4.02. The highest BCUT2D eigenvalue weighted by Crippen LogP contribution is 2.27. The van der Waals surface area contributed by atoms with Crippen LogP contribution < -0.4 is 0 Å². The molecule has 1 unspecified atom stereocenters. The van der Waals surface area contributed by atoms with Gasteiger partial charge in [-0.1, -0.05) is 36.9 Å². The molecule has 24 heavy (non-hydrogen) atoms. The Morgan fingerprint density at radius 3 is 2.96 bits per heavy atom. The lowest BCUT2D eigenvalue weighted by Crippen LogP contribution is -2.23. The first kappa shape index (κ1) is 17.8. The van der Waals surface area contributed by atoms with E-state index in [1.54, 1.807) is 35.3 Å². The summed E-state index contributed by atoms with van der Waals surface area (Å²) in [6, 6.07) is 14.5. The van der Waals surface area contributed by atoms with E-state index in [0.717, 1.165) is 28.6 Å². The highest BCUT2D eigenvalue weighted by Gasteiger charge is 2.17. The van der Waals surface area contributed by atoms with E-state index in [0.29, 0.717) is 5.75 Å². The van der Waals surface area contributed by atoms with E-state index in [1.165, 1.54) is 15.7 Å². The minimum atomic E-state index is -0.122. The Bertz CT molecular complexity index is 717. The van der Waals surface area contributed by atoms with Crippen LogP contribution in [0.5, 0.6) is 0 Å². The van der Waals surface area contributed by atoms with E-state index in [2.05, 4.69) is 36.9 Å². The number of rotatable bonds is 4. The van der Waals surface area contributed by atoms with Gasteiger partial charge in [0.25, 0.3) is 0 Å². The Labute approximate surface area is 155 Å². The molecule has 0 N–H and O–H groups in total. The maximum Gasteiger partial charge on any atom is 0.316 e. The fourth-order valence-electron chi connectivity index (χ4n) is 2.48. The first-order valence-electron chi connectivity index (χ1n) is 7.90. The fraction of sp³-hybridized carbons (Fsp3) is 0.316. The van der Waals surface area contributed by atoms with Crippen LogP contribution in [-0.2, 0) is 9.53 Å². The highest BCUT2D eigenvalue weighted by atomic mass is 32.2. The number of carbonyl (C=O) groups excluding carboxylic acids is 1. The lowest BCUT2D eigenvalue weighted by molar-refractivity contribution is -0.144. The first-order valence-corrected chi connectivity index (χ1v) is 11.0. The van der Waals surface area contributed by atoms with Gasteiger partial charge in [0.05, 0.1) is 5.75 Å². The topological polar surface area (TPSA) is 26.3 Å². The van der Waals surface area contributed by atoms with Crippen LogP contribution in [0.4, 0.5) is 0 Å². The predicted molar refractivity (Wildman–Crippen MR) is 108 cm³/mol. The molecule has 0 aromatic heterocycles. The maximum atomic E-state index is 12.1. The summed E-state index contributed by atoms with van der Waals surface area (Å²) < 4.78 is 5.65. The average Bonchev–Trinajstić information content (AvgIpc) is 2.57. The quantitative estimate of drug-likeness (QED) is 0.538. The molecule has 0 aliphatic carbocycles. The Kier molecular flexibility index (Phi) is 6.58. The van der Waals surface area contributed by atoms with Gasteiger partial charge in [-0.05, 0) is 34.2 Å². The van der Waals surface area contributed by atoms with Crippen molar-refractivity contribution in [2.24, 2.45) is 0 Å². The van der Waals surface area contributed by atoms with Crippen molar-refractivity contribution in [1.29, 1.82) is 0 Å². The molecule has 0 amide bonds. The largest absolute Gasteiger partial charge is 0.461 e. The van der Waals surface area contributed by atoms with Gasteiger partial charge in [0.15, 0.2) is 0 Å². The number of hydrogen-bond acceptors (Lipinski definition) is 5. The predicted octanol–water partition coefficient (Wildman–Crippen LogP) is 5.23. The van der Waals surface area contributed by atoms with E-state index in [-0.39, 0.29) is 12.1 Å². The molecule has 1 atom stereocenters.